The molecule has 1 aliphatic heterocycles. The minimum Gasteiger partial charge on any atom is -0.413 e. The molecule has 0 aromatic heterocycles. The van der Waals surface area contributed by atoms with Crippen LogP contribution in [-0.2, 0) is 9.16 Å². The van der Waals surface area contributed by atoms with Gasteiger partial charge in [0.2, 0.25) is 0 Å². The molecule has 2 rings (SSSR count). The van der Waals surface area contributed by atoms with E-state index in [1.165, 1.54) is 5.56 Å². The average molecular weight is 427 g/mol. The SMILES string of the molecule is Cc1ccc(SC2C[C@@H](O)[C@@H](O)[C@@H](CO[Si](C(C)C)(C(C)C)C(C)C)O2)cc1. The maximum atomic E-state index is 10.5. The van der Waals surface area contributed by atoms with Gasteiger partial charge in [0.1, 0.15) is 17.6 Å². The molecule has 0 aliphatic carbocycles. The fourth-order valence-electron chi connectivity index (χ4n) is 4.62. The van der Waals surface area contributed by atoms with Gasteiger partial charge in [0, 0.05) is 11.3 Å². The summed E-state index contributed by atoms with van der Waals surface area (Å²) in [5, 5.41) is 20.9. The number of rotatable bonds is 8. The third-order valence-corrected chi connectivity index (χ3v) is 13.2. The van der Waals surface area contributed by atoms with Crippen LogP contribution >= 0.6 is 11.8 Å². The maximum absolute atomic E-state index is 10.5. The summed E-state index contributed by atoms with van der Waals surface area (Å²) in [6, 6.07) is 8.29. The van der Waals surface area contributed by atoms with Gasteiger partial charge in [-0.25, -0.2) is 0 Å². The predicted molar refractivity (Wildman–Crippen MR) is 119 cm³/mol. The lowest BCUT2D eigenvalue weighted by Crippen LogP contribution is -2.54. The molecule has 1 aromatic rings. The van der Waals surface area contributed by atoms with E-state index in [9.17, 15) is 10.2 Å². The zero-order valence-electron chi connectivity index (χ0n) is 18.4. The van der Waals surface area contributed by atoms with Crippen molar-refractivity contribution in [1.82, 2.24) is 0 Å². The van der Waals surface area contributed by atoms with Gasteiger partial charge < -0.3 is 19.4 Å². The summed E-state index contributed by atoms with van der Waals surface area (Å²) in [5.74, 6) is 0. The largest absolute Gasteiger partial charge is 0.413 e. The molecule has 160 valence electrons. The molecule has 4 atom stereocenters. The van der Waals surface area contributed by atoms with E-state index < -0.39 is 26.6 Å². The fraction of sp³-hybridized carbons (Fsp3) is 0.727. The molecule has 6 heteroatoms. The Labute approximate surface area is 176 Å². The summed E-state index contributed by atoms with van der Waals surface area (Å²) in [6.07, 6.45) is -1.79. The molecule has 1 unspecified atom stereocenters. The van der Waals surface area contributed by atoms with E-state index in [1.54, 1.807) is 11.8 Å². The van der Waals surface area contributed by atoms with Gasteiger partial charge in [-0.3, -0.25) is 0 Å². The molecule has 1 aliphatic rings. The van der Waals surface area contributed by atoms with Crippen molar-refractivity contribution < 1.29 is 19.4 Å². The van der Waals surface area contributed by atoms with Crippen LogP contribution in [0, 0.1) is 6.92 Å². The first-order chi connectivity index (χ1) is 13.1. The van der Waals surface area contributed by atoms with Gasteiger partial charge >= 0.3 is 0 Å². The number of hydrogen-bond acceptors (Lipinski definition) is 5. The summed E-state index contributed by atoms with van der Waals surface area (Å²) < 4.78 is 12.8. The lowest BCUT2D eigenvalue weighted by atomic mass is 10.0. The maximum Gasteiger partial charge on any atom is 0.200 e. The quantitative estimate of drug-likeness (QED) is 0.565. The Balaban J connectivity index is 2.09. The van der Waals surface area contributed by atoms with Crippen molar-refractivity contribution >= 4 is 20.1 Å². The zero-order valence-corrected chi connectivity index (χ0v) is 20.2. The highest BCUT2D eigenvalue weighted by Crippen LogP contribution is 2.43. The van der Waals surface area contributed by atoms with Crippen LogP contribution < -0.4 is 0 Å². The first-order valence-electron chi connectivity index (χ1n) is 10.5. The Morgan fingerprint density at radius 3 is 2.07 bits per heavy atom. The molecule has 1 aromatic carbocycles. The van der Waals surface area contributed by atoms with Crippen molar-refractivity contribution in [2.45, 2.75) is 100 Å². The number of ether oxygens (including phenoxy) is 1. The Morgan fingerprint density at radius 1 is 1.04 bits per heavy atom. The zero-order chi connectivity index (χ0) is 21.1. The number of aryl methyl sites for hydroxylation is 1. The van der Waals surface area contributed by atoms with Gasteiger partial charge in [-0.1, -0.05) is 71.0 Å². The van der Waals surface area contributed by atoms with Gasteiger partial charge in [0.25, 0.3) is 0 Å². The molecule has 0 bridgehead atoms. The van der Waals surface area contributed by atoms with Crippen LogP contribution in [0.1, 0.15) is 53.5 Å². The molecule has 1 fully saturated rings. The summed E-state index contributed by atoms with van der Waals surface area (Å²) >= 11 is 1.60. The summed E-state index contributed by atoms with van der Waals surface area (Å²) in [5.41, 5.74) is 2.43. The molecule has 1 heterocycles. The minimum atomic E-state index is -2.05. The Kier molecular flexibility index (Phi) is 8.61. The van der Waals surface area contributed by atoms with Gasteiger partial charge in [-0.05, 0) is 35.7 Å². The molecule has 1 saturated heterocycles. The van der Waals surface area contributed by atoms with E-state index in [0.29, 0.717) is 29.7 Å². The van der Waals surface area contributed by atoms with E-state index in [0.717, 1.165) is 4.90 Å². The monoisotopic (exact) mass is 426 g/mol. The highest BCUT2D eigenvalue weighted by atomic mass is 32.2. The first kappa shape index (κ1) is 23.9. The van der Waals surface area contributed by atoms with Crippen molar-refractivity contribution in [3.63, 3.8) is 0 Å². The van der Waals surface area contributed by atoms with Gasteiger partial charge in [0.15, 0.2) is 8.32 Å². The molecular formula is C22H38O4SSi. The highest BCUT2D eigenvalue weighted by Gasteiger charge is 2.47. The van der Waals surface area contributed by atoms with E-state index in [4.69, 9.17) is 9.16 Å². The summed E-state index contributed by atoms with van der Waals surface area (Å²) in [7, 11) is -2.05. The third-order valence-electron chi connectivity index (χ3n) is 6.03. The normalized spacial score (nSPS) is 26.4. The predicted octanol–water partition coefficient (Wildman–Crippen LogP) is 5.12. The standard InChI is InChI=1S/C22H38O4SSi/c1-14(2)28(15(3)4,16(5)6)25-13-20-22(24)19(23)12-21(26-20)27-18-10-8-17(7)9-11-18/h8-11,14-16,19-24H,12-13H2,1-7H3/t19-,20-,21?,22-/m1/s1. The molecule has 0 amide bonds. The Morgan fingerprint density at radius 2 is 1.57 bits per heavy atom. The molecular weight excluding hydrogens is 388 g/mol. The first-order valence-corrected chi connectivity index (χ1v) is 13.5. The highest BCUT2D eigenvalue weighted by molar-refractivity contribution is 7.99. The van der Waals surface area contributed by atoms with Crippen molar-refractivity contribution in [2.75, 3.05) is 6.61 Å². The van der Waals surface area contributed by atoms with Crippen LogP contribution in [0.3, 0.4) is 0 Å². The summed E-state index contributed by atoms with van der Waals surface area (Å²) in [6.45, 7) is 15.9. The molecule has 2 N–H and O–H groups in total. The lowest BCUT2D eigenvalue weighted by molar-refractivity contribution is -0.155. The molecule has 0 radical (unpaired) electrons. The Hall–Kier alpha value is -0.373. The number of aliphatic hydroxyl groups excluding tert-OH is 2. The van der Waals surface area contributed by atoms with Crippen LogP contribution in [-0.4, -0.2) is 48.9 Å². The number of aliphatic hydroxyl groups is 2. The van der Waals surface area contributed by atoms with Crippen LogP contribution in [0.25, 0.3) is 0 Å². The second-order valence-corrected chi connectivity index (χ2v) is 15.7. The topological polar surface area (TPSA) is 58.9 Å². The fourth-order valence-corrected chi connectivity index (χ4v) is 11.2. The van der Waals surface area contributed by atoms with Crippen molar-refractivity contribution in [3.05, 3.63) is 29.8 Å². The second kappa shape index (κ2) is 10.1. The smallest absolute Gasteiger partial charge is 0.200 e. The van der Waals surface area contributed by atoms with Crippen LogP contribution in [0.15, 0.2) is 29.2 Å². The van der Waals surface area contributed by atoms with Gasteiger partial charge in [0.05, 0.1) is 12.7 Å². The number of benzene rings is 1. The van der Waals surface area contributed by atoms with Crippen molar-refractivity contribution in [1.29, 1.82) is 0 Å². The van der Waals surface area contributed by atoms with E-state index in [-0.39, 0.29) is 5.44 Å². The van der Waals surface area contributed by atoms with E-state index >= 15 is 0 Å². The second-order valence-electron chi connectivity index (χ2n) is 8.96. The molecule has 0 spiro atoms. The van der Waals surface area contributed by atoms with E-state index in [2.05, 4.69) is 72.7 Å². The van der Waals surface area contributed by atoms with Crippen LogP contribution in [0.5, 0.6) is 0 Å². The van der Waals surface area contributed by atoms with Crippen LogP contribution in [0.4, 0.5) is 0 Å². The Bertz CT molecular complexity index is 583. The molecule has 28 heavy (non-hydrogen) atoms. The molecule has 4 nitrogen and oxygen atoms in total. The van der Waals surface area contributed by atoms with Gasteiger partial charge in [-0.2, -0.15) is 0 Å². The minimum absolute atomic E-state index is 0.192. The van der Waals surface area contributed by atoms with Crippen LogP contribution in [0.2, 0.25) is 16.6 Å². The van der Waals surface area contributed by atoms with E-state index in [1.807, 2.05) is 0 Å². The lowest BCUT2D eigenvalue weighted by Gasteiger charge is -2.44. The van der Waals surface area contributed by atoms with Gasteiger partial charge in [-0.15, -0.1) is 0 Å². The third kappa shape index (κ3) is 5.40. The van der Waals surface area contributed by atoms with Crippen molar-refractivity contribution in [2.24, 2.45) is 0 Å². The number of thioether (sulfide) groups is 1. The summed E-state index contributed by atoms with van der Waals surface area (Å²) in [4.78, 5) is 1.11. The molecule has 0 saturated carbocycles. The average Bonchev–Trinajstić information content (AvgIpc) is 2.60. The number of hydrogen-bond donors (Lipinski definition) is 2. The van der Waals surface area contributed by atoms with Crippen molar-refractivity contribution in [3.8, 4) is 0 Å².